The van der Waals surface area contributed by atoms with Crippen molar-refractivity contribution in [2.24, 2.45) is 0 Å². The maximum atomic E-state index is 11.5. The normalized spacial score (nSPS) is 12.3. The van der Waals surface area contributed by atoms with Crippen LogP contribution in [0, 0.1) is 0 Å². The highest BCUT2D eigenvalue weighted by Gasteiger charge is 2.14. The molecular weight excluding hydrogens is 245 g/mol. The fourth-order valence-electron chi connectivity index (χ4n) is 2.12. The maximum Gasteiger partial charge on any atom is 0.218 e. The minimum absolute atomic E-state index is 0.484. The molecule has 0 aliphatic rings. The maximum absolute atomic E-state index is 11.5. The molecular formula is C14H16NO2P. The Bertz CT molecular complexity index is 596. The molecule has 0 amide bonds. The van der Waals surface area contributed by atoms with Gasteiger partial charge in [-0.2, -0.15) is 0 Å². The Hall–Kier alpha value is -1.57. The van der Waals surface area contributed by atoms with Gasteiger partial charge in [0.1, 0.15) is 0 Å². The molecule has 1 atom stereocenters. The van der Waals surface area contributed by atoms with Gasteiger partial charge in [0, 0.05) is 16.6 Å². The van der Waals surface area contributed by atoms with Crippen molar-refractivity contribution in [3.63, 3.8) is 0 Å². The first-order valence-corrected chi connectivity index (χ1v) is 7.20. The first kappa shape index (κ1) is 12.9. The largest absolute Gasteiger partial charge is 0.398 e. The Labute approximate surface area is 107 Å². The van der Waals surface area contributed by atoms with Gasteiger partial charge in [0.05, 0.1) is 0 Å². The van der Waals surface area contributed by atoms with Crippen molar-refractivity contribution >= 4 is 19.0 Å². The molecule has 94 valence electrons. The summed E-state index contributed by atoms with van der Waals surface area (Å²) in [6, 6.07) is 12.9. The number of benzene rings is 2. The summed E-state index contributed by atoms with van der Waals surface area (Å²) in [6.07, 6.45) is 0.798. The SMILES string of the molecule is CCc1cccc([PH](=O)O)c1-c1ccccc1N. The smallest absolute Gasteiger partial charge is 0.218 e. The Morgan fingerprint density at radius 3 is 2.50 bits per heavy atom. The fourth-order valence-corrected chi connectivity index (χ4v) is 2.86. The van der Waals surface area contributed by atoms with Crippen LogP contribution in [0.15, 0.2) is 42.5 Å². The molecule has 0 heterocycles. The number of para-hydroxylation sites is 1. The van der Waals surface area contributed by atoms with E-state index in [-0.39, 0.29) is 0 Å². The lowest BCUT2D eigenvalue weighted by molar-refractivity contribution is 0.513. The number of nitrogens with two attached hydrogens (primary N) is 1. The molecule has 0 aromatic heterocycles. The van der Waals surface area contributed by atoms with Crippen molar-refractivity contribution < 1.29 is 9.46 Å². The Morgan fingerprint density at radius 2 is 1.89 bits per heavy atom. The summed E-state index contributed by atoms with van der Waals surface area (Å²) in [5.74, 6) is 0. The molecule has 0 aliphatic heterocycles. The van der Waals surface area contributed by atoms with Crippen molar-refractivity contribution in [3.05, 3.63) is 48.0 Å². The molecule has 2 rings (SSSR count). The average molecular weight is 261 g/mol. The van der Waals surface area contributed by atoms with E-state index in [2.05, 4.69) is 0 Å². The van der Waals surface area contributed by atoms with Gasteiger partial charge in [0.25, 0.3) is 0 Å². The van der Waals surface area contributed by atoms with E-state index in [0.717, 1.165) is 23.1 Å². The van der Waals surface area contributed by atoms with E-state index >= 15 is 0 Å². The first-order valence-electron chi connectivity index (χ1n) is 5.85. The molecule has 3 N–H and O–H groups in total. The molecule has 0 radical (unpaired) electrons. The Kier molecular flexibility index (Phi) is 3.85. The third-order valence-electron chi connectivity index (χ3n) is 2.99. The molecule has 0 spiro atoms. The van der Waals surface area contributed by atoms with Gasteiger partial charge in [0.15, 0.2) is 0 Å². The summed E-state index contributed by atoms with van der Waals surface area (Å²) in [5.41, 5.74) is 9.28. The molecule has 0 fully saturated rings. The van der Waals surface area contributed by atoms with E-state index < -0.39 is 8.03 Å². The molecule has 0 saturated heterocycles. The molecule has 0 bridgehead atoms. The lowest BCUT2D eigenvalue weighted by Gasteiger charge is -2.14. The molecule has 0 aliphatic carbocycles. The molecule has 0 saturated carbocycles. The van der Waals surface area contributed by atoms with Gasteiger partial charge < -0.3 is 10.6 Å². The summed E-state index contributed by atoms with van der Waals surface area (Å²) in [7, 11) is -2.74. The van der Waals surface area contributed by atoms with Crippen LogP contribution >= 0.6 is 8.03 Å². The van der Waals surface area contributed by atoms with E-state index in [1.807, 2.05) is 37.3 Å². The van der Waals surface area contributed by atoms with Gasteiger partial charge in [-0.3, -0.25) is 4.57 Å². The average Bonchev–Trinajstić information content (AvgIpc) is 2.38. The van der Waals surface area contributed by atoms with Crippen LogP contribution in [0.1, 0.15) is 12.5 Å². The Morgan fingerprint density at radius 1 is 1.17 bits per heavy atom. The third-order valence-corrected chi connectivity index (χ3v) is 3.87. The predicted octanol–water partition coefficient (Wildman–Crippen LogP) is 2.59. The molecule has 2 aromatic rings. The molecule has 1 unspecified atom stereocenters. The molecule has 2 aromatic carbocycles. The summed E-state index contributed by atoms with van der Waals surface area (Å²) < 4.78 is 11.5. The summed E-state index contributed by atoms with van der Waals surface area (Å²) >= 11 is 0. The predicted molar refractivity (Wildman–Crippen MR) is 76.5 cm³/mol. The highest BCUT2D eigenvalue weighted by Crippen LogP contribution is 2.32. The van der Waals surface area contributed by atoms with Gasteiger partial charge in [-0.15, -0.1) is 0 Å². The summed E-state index contributed by atoms with van der Waals surface area (Å²) in [5, 5.41) is 0.484. The van der Waals surface area contributed by atoms with E-state index in [9.17, 15) is 9.46 Å². The summed E-state index contributed by atoms with van der Waals surface area (Å²) in [4.78, 5) is 9.48. The van der Waals surface area contributed by atoms with Crippen LogP contribution in [-0.4, -0.2) is 4.89 Å². The number of nitrogen functional groups attached to an aromatic ring is 1. The topological polar surface area (TPSA) is 63.3 Å². The van der Waals surface area contributed by atoms with Gasteiger partial charge in [-0.05, 0) is 29.7 Å². The van der Waals surface area contributed by atoms with Crippen LogP contribution in [-0.2, 0) is 11.0 Å². The summed E-state index contributed by atoms with van der Waals surface area (Å²) in [6.45, 7) is 2.02. The quantitative estimate of drug-likeness (QED) is 0.659. The number of hydrogen-bond acceptors (Lipinski definition) is 2. The van der Waals surface area contributed by atoms with Crippen molar-refractivity contribution in [2.75, 3.05) is 5.73 Å². The highest BCUT2D eigenvalue weighted by molar-refractivity contribution is 7.47. The van der Waals surface area contributed by atoms with Crippen LogP contribution < -0.4 is 11.0 Å². The zero-order valence-corrected chi connectivity index (χ0v) is 11.2. The minimum atomic E-state index is -2.74. The first-order chi connectivity index (χ1) is 8.65. The molecule has 3 nitrogen and oxygen atoms in total. The Balaban J connectivity index is 2.76. The fraction of sp³-hybridized carbons (Fsp3) is 0.143. The van der Waals surface area contributed by atoms with Gasteiger partial charge in [-0.1, -0.05) is 37.3 Å². The number of aryl methyl sites for hydroxylation is 1. The lowest BCUT2D eigenvalue weighted by Crippen LogP contribution is -2.06. The van der Waals surface area contributed by atoms with Crippen LogP contribution in [0.25, 0.3) is 11.1 Å². The molecule has 4 heteroatoms. The second kappa shape index (κ2) is 5.38. The number of anilines is 1. The van der Waals surface area contributed by atoms with E-state index in [4.69, 9.17) is 5.73 Å². The zero-order chi connectivity index (χ0) is 13.1. The van der Waals surface area contributed by atoms with Crippen LogP contribution in [0.3, 0.4) is 0 Å². The third kappa shape index (κ3) is 2.33. The standard InChI is InChI=1S/C14H16NO2P/c1-2-10-6-5-9-13(18(16)17)14(10)11-7-3-4-8-12(11)15/h3-9,18H,2,15H2,1H3,(H,16,17). The number of hydrogen-bond donors (Lipinski definition) is 2. The monoisotopic (exact) mass is 261 g/mol. The van der Waals surface area contributed by atoms with Crippen LogP contribution in [0.4, 0.5) is 5.69 Å². The number of rotatable bonds is 3. The van der Waals surface area contributed by atoms with Gasteiger partial charge >= 0.3 is 0 Å². The second-order valence-corrected chi connectivity index (χ2v) is 5.23. The van der Waals surface area contributed by atoms with Crippen molar-refractivity contribution in [1.29, 1.82) is 0 Å². The zero-order valence-electron chi connectivity index (χ0n) is 10.2. The minimum Gasteiger partial charge on any atom is -0.398 e. The lowest BCUT2D eigenvalue weighted by atomic mass is 9.97. The van der Waals surface area contributed by atoms with Crippen LogP contribution in [0.2, 0.25) is 0 Å². The highest BCUT2D eigenvalue weighted by atomic mass is 31.1. The van der Waals surface area contributed by atoms with Gasteiger partial charge in [-0.25, -0.2) is 0 Å². The van der Waals surface area contributed by atoms with Crippen molar-refractivity contribution in [2.45, 2.75) is 13.3 Å². The van der Waals surface area contributed by atoms with Gasteiger partial charge in [0.2, 0.25) is 8.03 Å². The van der Waals surface area contributed by atoms with E-state index in [1.54, 1.807) is 12.1 Å². The second-order valence-electron chi connectivity index (χ2n) is 4.09. The van der Waals surface area contributed by atoms with E-state index in [1.165, 1.54) is 0 Å². The van der Waals surface area contributed by atoms with Crippen molar-refractivity contribution in [1.82, 2.24) is 0 Å². The molecule has 18 heavy (non-hydrogen) atoms. The van der Waals surface area contributed by atoms with Crippen molar-refractivity contribution in [3.8, 4) is 11.1 Å². The van der Waals surface area contributed by atoms with Crippen LogP contribution in [0.5, 0.6) is 0 Å². The van der Waals surface area contributed by atoms with E-state index in [0.29, 0.717) is 11.0 Å².